The Morgan fingerprint density at radius 3 is 2.24 bits per heavy atom. The van der Waals surface area contributed by atoms with Crippen molar-refractivity contribution >= 4 is 0 Å². The van der Waals surface area contributed by atoms with Gasteiger partial charge in [-0.15, -0.1) is 10.2 Å². The van der Waals surface area contributed by atoms with Crippen molar-refractivity contribution in [3.05, 3.63) is 65.5 Å². The summed E-state index contributed by atoms with van der Waals surface area (Å²) in [5.74, 6) is 1.59. The Morgan fingerprint density at radius 1 is 0.952 bits per heavy atom. The fraction of sp³-hybridized carbons (Fsp3) is 0.176. The van der Waals surface area contributed by atoms with Gasteiger partial charge < -0.3 is 5.73 Å². The second-order valence-electron chi connectivity index (χ2n) is 5.19. The smallest absolute Gasteiger partial charge is 0.168 e. The second kappa shape index (κ2) is 5.50. The van der Waals surface area contributed by atoms with Gasteiger partial charge in [-0.25, -0.2) is 0 Å². The van der Waals surface area contributed by atoms with Gasteiger partial charge in [-0.2, -0.15) is 0 Å². The Balaban J connectivity index is 2.22. The molecular weight excluding hydrogens is 260 g/mol. The lowest BCUT2D eigenvalue weighted by Gasteiger charge is -2.10. The third-order valence-corrected chi connectivity index (χ3v) is 3.41. The van der Waals surface area contributed by atoms with Crippen molar-refractivity contribution in [2.45, 2.75) is 20.4 Å². The van der Waals surface area contributed by atoms with E-state index in [1.54, 1.807) is 0 Å². The number of aryl methyl sites for hydroxylation is 2. The zero-order chi connectivity index (χ0) is 14.8. The molecule has 2 N–H and O–H groups in total. The first-order valence-corrected chi connectivity index (χ1v) is 6.97. The van der Waals surface area contributed by atoms with Crippen LogP contribution < -0.4 is 5.73 Å². The Bertz CT molecular complexity index is 739. The molecule has 106 valence electrons. The number of nitrogens with zero attached hydrogens (tertiary/aromatic N) is 3. The lowest BCUT2D eigenvalue weighted by atomic mass is 10.1. The molecule has 0 aliphatic heterocycles. The van der Waals surface area contributed by atoms with Crippen LogP contribution in [0.25, 0.3) is 17.1 Å². The number of hydrogen-bond donors (Lipinski definition) is 1. The molecule has 0 spiro atoms. The van der Waals surface area contributed by atoms with E-state index in [4.69, 9.17) is 5.73 Å². The van der Waals surface area contributed by atoms with Gasteiger partial charge in [0.1, 0.15) is 0 Å². The molecule has 21 heavy (non-hydrogen) atoms. The van der Waals surface area contributed by atoms with E-state index >= 15 is 0 Å². The molecule has 2 aromatic carbocycles. The van der Waals surface area contributed by atoms with Crippen LogP contribution in [-0.4, -0.2) is 14.8 Å². The van der Waals surface area contributed by atoms with Crippen LogP contribution in [0.15, 0.2) is 48.5 Å². The molecule has 0 bridgehead atoms. The van der Waals surface area contributed by atoms with Crippen LogP contribution in [0.3, 0.4) is 0 Å². The molecule has 0 unspecified atom stereocenters. The number of benzene rings is 2. The van der Waals surface area contributed by atoms with Gasteiger partial charge in [0.2, 0.25) is 0 Å². The van der Waals surface area contributed by atoms with Crippen molar-refractivity contribution < 1.29 is 0 Å². The topological polar surface area (TPSA) is 56.7 Å². The minimum Gasteiger partial charge on any atom is -0.324 e. The van der Waals surface area contributed by atoms with E-state index in [2.05, 4.69) is 42.2 Å². The first-order chi connectivity index (χ1) is 10.2. The van der Waals surface area contributed by atoms with Crippen molar-refractivity contribution in [2.24, 2.45) is 5.73 Å². The summed E-state index contributed by atoms with van der Waals surface area (Å²) in [4.78, 5) is 0. The van der Waals surface area contributed by atoms with Gasteiger partial charge >= 0.3 is 0 Å². The highest BCUT2D eigenvalue weighted by Crippen LogP contribution is 2.24. The van der Waals surface area contributed by atoms with Gasteiger partial charge in [-0.05, 0) is 38.1 Å². The van der Waals surface area contributed by atoms with Crippen LogP contribution in [0, 0.1) is 13.8 Å². The Labute approximate surface area is 124 Å². The van der Waals surface area contributed by atoms with Gasteiger partial charge in [-0.3, -0.25) is 4.57 Å². The van der Waals surface area contributed by atoms with Crippen molar-refractivity contribution in [1.82, 2.24) is 14.8 Å². The minimum absolute atomic E-state index is 0.354. The van der Waals surface area contributed by atoms with E-state index < -0.39 is 0 Å². The van der Waals surface area contributed by atoms with Crippen molar-refractivity contribution in [1.29, 1.82) is 0 Å². The molecule has 4 heteroatoms. The van der Waals surface area contributed by atoms with E-state index in [1.807, 2.05) is 34.9 Å². The fourth-order valence-corrected chi connectivity index (χ4v) is 2.59. The summed E-state index contributed by atoms with van der Waals surface area (Å²) in [7, 11) is 0. The molecule has 1 aromatic heterocycles. The van der Waals surface area contributed by atoms with E-state index in [0.29, 0.717) is 6.54 Å². The molecule has 4 nitrogen and oxygen atoms in total. The van der Waals surface area contributed by atoms with Crippen LogP contribution >= 0.6 is 0 Å². The fourth-order valence-electron chi connectivity index (χ4n) is 2.59. The molecule has 3 aromatic rings. The molecule has 1 heterocycles. The standard InChI is InChI=1S/C17H18N4/c1-12-8-13(2)10-14(9-12)17-20-19-16(11-18)21(17)15-6-4-3-5-7-15/h3-10H,11,18H2,1-2H3. The molecule has 0 amide bonds. The average molecular weight is 278 g/mol. The molecule has 0 aliphatic rings. The summed E-state index contributed by atoms with van der Waals surface area (Å²) in [5, 5.41) is 8.58. The lowest BCUT2D eigenvalue weighted by molar-refractivity contribution is 0.861. The Kier molecular flexibility index (Phi) is 3.54. The summed E-state index contributed by atoms with van der Waals surface area (Å²) >= 11 is 0. The number of rotatable bonds is 3. The summed E-state index contributed by atoms with van der Waals surface area (Å²) in [6, 6.07) is 16.5. The summed E-state index contributed by atoms with van der Waals surface area (Å²) in [6.07, 6.45) is 0. The minimum atomic E-state index is 0.354. The van der Waals surface area contributed by atoms with Crippen molar-refractivity contribution in [3.8, 4) is 17.1 Å². The van der Waals surface area contributed by atoms with Crippen molar-refractivity contribution in [3.63, 3.8) is 0 Å². The summed E-state index contributed by atoms with van der Waals surface area (Å²) in [5.41, 5.74) is 10.3. The van der Waals surface area contributed by atoms with Gasteiger partial charge in [0, 0.05) is 11.3 Å². The molecule has 0 saturated heterocycles. The molecule has 0 radical (unpaired) electrons. The SMILES string of the molecule is Cc1cc(C)cc(-c2nnc(CN)n2-c2ccccc2)c1. The molecule has 3 rings (SSSR count). The maximum Gasteiger partial charge on any atom is 0.168 e. The quantitative estimate of drug-likeness (QED) is 0.801. The second-order valence-corrected chi connectivity index (χ2v) is 5.19. The van der Waals surface area contributed by atoms with Crippen LogP contribution in [0.1, 0.15) is 17.0 Å². The number of hydrogen-bond acceptors (Lipinski definition) is 3. The molecule has 0 saturated carbocycles. The summed E-state index contributed by atoms with van der Waals surface area (Å²) < 4.78 is 2.02. The monoisotopic (exact) mass is 278 g/mol. The lowest BCUT2D eigenvalue weighted by Crippen LogP contribution is -2.07. The normalized spacial score (nSPS) is 10.8. The van der Waals surface area contributed by atoms with E-state index in [0.717, 1.165) is 22.9 Å². The third kappa shape index (κ3) is 2.58. The van der Waals surface area contributed by atoms with E-state index in [-0.39, 0.29) is 0 Å². The third-order valence-electron chi connectivity index (χ3n) is 3.41. The van der Waals surface area contributed by atoms with Crippen molar-refractivity contribution in [2.75, 3.05) is 0 Å². The first-order valence-electron chi connectivity index (χ1n) is 6.97. The highest BCUT2D eigenvalue weighted by molar-refractivity contribution is 5.61. The highest BCUT2D eigenvalue weighted by Gasteiger charge is 2.14. The van der Waals surface area contributed by atoms with Crippen LogP contribution in [-0.2, 0) is 6.54 Å². The Hall–Kier alpha value is -2.46. The van der Waals surface area contributed by atoms with Crippen LogP contribution in [0.4, 0.5) is 0 Å². The number of aromatic nitrogens is 3. The summed E-state index contributed by atoms with van der Waals surface area (Å²) in [6.45, 7) is 4.53. The zero-order valence-corrected chi connectivity index (χ0v) is 12.2. The maximum atomic E-state index is 5.82. The number of nitrogens with two attached hydrogens (primary N) is 1. The molecule has 0 fully saturated rings. The first kappa shape index (κ1) is 13.5. The van der Waals surface area contributed by atoms with Gasteiger partial charge in [0.25, 0.3) is 0 Å². The van der Waals surface area contributed by atoms with Gasteiger partial charge in [0.15, 0.2) is 11.6 Å². The van der Waals surface area contributed by atoms with Gasteiger partial charge in [0.05, 0.1) is 6.54 Å². The number of para-hydroxylation sites is 1. The van der Waals surface area contributed by atoms with Crippen LogP contribution in [0.2, 0.25) is 0 Å². The molecular formula is C17H18N4. The molecule has 0 atom stereocenters. The van der Waals surface area contributed by atoms with E-state index in [9.17, 15) is 0 Å². The Morgan fingerprint density at radius 2 is 1.62 bits per heavy atom. The van der Waals surface area contributed by atoms with Gasteiger partial charge in [-0.1, -0.05) is 35.4 Å². The highest BCUT2D eigenvalue weighted by atomic mass is 15.3. The largest absolute Gasteiger partial charge is 0.324 e. The predicted octanol–water partition coefficient (Wildman–Crippen LogP) is 3.01. The predicted molar refractivity (Wildman–Crippen MR) is 84.2 cm³/mol. The maximum absolute atomic E-state index is 5.82. The zero-order valence-electron chi connectivity index (χ0n) is 12.2. The average Bonchev–Trinajstić information content (AvgIpc) is 2.91. The van der Waals surface area contributed by atoms with E-state index in [1.165, 1.54) is 11.1 Å². The molecule has 0 aliphatic carbocycles. The van der Waals surface area contributed by atoms with Crippen LogP contribution in [0.5, 0.6) is 0 Å².